The van der Waals surface area contributed by atoms with E-state index in [0.29, 0.717) is 6.54 Å². The van der Waals surface area contributed by atoms with Crippen molar-refractivity contribution in [2.24, 2.45) is 5.73 Å². The highest BCUT2D eigenvalue weighted by atomic mass is 19.1. The average Bonchev–Trinajstić information content (AvgIpc) is 2.17. The lowest BCUT2D eigenvalue weighted by Gasteiger charge is -2.26. The van der Waals surface area contributed by atoms with Gasteiger partial charge in [-0.1, -0.05) is 31.2 Å². The molecule has 72 valence electrons. The lowest BCUT2D eigenvalue weighted by atomic mass is 9.81. The van der Waals surface area contributed by atoms with Crippen LogP contribution in [0.15, 0.2) is 24.3 Å². The summed E-state index contributed by atoms with van der Waals surface area (Å²) in [6, 6.07) is 7.81. The molecule has 0 fully saturated rings. The van der Waals surface area contributed by atoms with Crippen molar-refractivity contribution in [2.45, 2.75) is 19.3 Å². The number of alkyl halides is 1. The molecule has 0 heterocycles. The summed E-state index contributed by atoms with van der Waals surface area (Å²) in [4.78, 5) is 0. The first-order valence-corrected chi connectivity index (χ1v) is 4.46. The molecule has 0 aliphatic carbocycles. The van der Waals surface area contributed by atoms with Gasteiger partial charge in [-0.3, -0.25) is 4.39 Å². The number of halogens is 1. The van der Waals surface area contributed by atoms with Gasteiger partial charge in [0.2, 0.25) is 0 Å². The van der Waals surface area contributed by atoms with E-state index in [1.54, 1.807) is 0 Å². The van der Waals surface area contributed by atoms with Crippen molar-refractivity contribution in [3.8, 4) is 0 Å². The van der Waals surface area contributed by atoms with E-state index in [0.717, 1.165) is 11.1 Å². The predicted molar refractivity (Wildman–Crippen MR) is 53.6 cm³/mol. The molecule has 1 atom stereocenters. The molecule has 0 saturated carbocycles. The van der Waals surface area contributed by atoms with Gasteiger partial charge in [-0.25, -0.2) is 0 Å². The third-order valence-electron chi connectivity index (χ3n) is 2.54. The quantitative estimate of drug-likeness (QED) is 0.760. The van der Waals surface area contributed by atoms with Gasteiger partial charge in [-0.15, -0.1) is 0 Å². The fourth-order valence-corrected chi connectivity index (χ4v) is 1.49. The Kier molecular flexibility index (Phi) is 3.04. The Bertz CT molecular complexity index is 279. The van der Waals surface area contributed by atoms with Crippen LogP contribution in [-0.2, 0) is 5.41 Å². The molecule has 2 N–H and O–H groups in total. The SMILES string of the molecule is Cc1ccccc1C(C)(CN)CF. The van der Waals surface area contributed by atoms with E-state index in [-0.39, 0.29) is 0 Å². The molecule has 0 aromatic heterocycles. The molecule has 1 nitrogen and oxygen atoms in total. The summed E-state index contributed by atoms with van der Waals surface area (Å²) in [6.07, 6.45) is 0. The molecule has 1 aromatic rings. The molecule has 1 unspecified atom stereocenters. The summed E-state index contributed by atoms with van der Waals surface area (Å²) >= 11 is 0. The Morgan fingerprint density at radius 1 is 1.38 bits per heavy atom. The van der Waals surface area contributed by atoms with Crippen LogP contribution in [-0.4, -0.2) is 13.2 Å². The van der Waals surface area contributed by atoms with E-state index in [1.807, 2.05) is 38.1 Å². The molecular weight excluding hydrogens is 165 g/mol. The van der Waals surface area contributed by atoms with Crippen molar-refractivity contribution < 1.29 is 4.39 Å². The maximum atomic E-state index is 12.8. The fourth-order valence-electron chi connectivity index (χ4n) is 1.49. The van der Waals surface area contributed by atoms with Gasteiger partial charge >= 0.3 is 0 Å². The standard InChI is InChI=1S/C11H16FN/c1-9-5-3-4-6-10(9)11(2,7-12)8-13/h3-6H,7-8,13H2,1-2H3. The molecule has 0 aliphatic heterocycles. The van der Waals surface area contributed by atoms with Crippen molar-refractivity contribution in [1.29, 1.82) is 0 Å². The molecular formula is C11H16FN. The minimum absolute atomic E-state index is 0.342. The van der Waals surface area contributed by atoms with E-state index in [9.17, 15) is 4.39 Å². The van der Waals surface area contributed by atoms with Gasteiger partial charge in [0.05, 0.1) is 0 Å². The second-order valence-electron chi connectivity index (χ2n) is 3.71. The third-order valence-corrected chi connectivity index (χ3v) is 2.54. The molecule has 2 heteroatoms. The van der Waals surface area contributed by atoms with Gasteiger partial charge in [0.1, 0.15) is 6.67 Å². The Morgan fingerprint density at radius 3 is 2.46 bits per heavy atom. The largest absolute Gasteiger partial charge is 0.329 e. The Labute approximate surface area is 78.8 Å². The van der Waals surface area contributed by atoms with Crippen LogP contribution in [0, 0.1) is 6.92 Å². The first-order valence-electron chi connectivity index (χ1n) is 4.46. The van der Waals surface area contributed by atoms with Gasteiger partial charge in [0.15, 0.2) is 0 Å². The monoisotopic (exact) mass is 181 g/mol. The van der Waals surface area contributed by atoms with Crippen LogP contribution in [0.5, 0.6) is 0 Å². The molecule has 1 rings (SSSR count). The van der Waals surface area contributed by atoms with Crippen LogP contribution >= 0.6 is 0 Å². The number of hydrogen-bond acceptors (Lipinski definition) is 1. The highest BCUT2D eigenvalue weighted by Gasteiger charge is 2.26. The molecule has 0 aliphatic rings. The molecule has 13 heavy (non-hydrogen) atoms. The van der Waals surface area contributed by atoms with Crippen LogP contribution < -0.4 is 5.73 Å². The Balaban J connectivity index is 3.12. The highest BCUT2D eigenvalue weighted by Crippen LogP contribution is 2.25. The molecule has 1 aromatic carbocycles. The van der Waals surface area contributed by atoms with Crippen molar-refractivity contribution >= 4 is 0 Å². The van der Waals surface area contributed by atoms with E-state index in [2.05, 4.69) is 0 Å². The minimum Gasteiger partial charge on any atom is -0.329 e. The van der Waals surface area contributed by atoms with Crippen molar-refractivity contribution in [3.05, 3.63) is 35.4 Å². The zero-order valence-electron chi connectivity index (χ0n) is 8.18. The zero-order valence-corrected chi connectivity index (χ0v) is 8.18. The van der Waals surface area contributed by atoms with E-state index in [4.69, 9.17) is 5.73 Å². The number of nitrogens with two attached hydrogens (primary N) is 1. The van der Waals surface area contributed by atoms with Gasteiger partial charge in [-0.05, 0) is 18.1 Å². The fraction of sp³-hybridized carbons (Fsp3) is 0.455. The van der Waals surface area contributed by atoms with Crippen LogP contribution in [0.25, 0.3) is 0 Å². The number of aryl methyl sites for hydroxylation is 1. The molecule has 0 saturated heterocycles. The Morgan fingerprint density at radius 2 is 2.00 bits per heavy atom. The van der Waals surface area contributed by atoms with Gasteiger partial charge in [0, 0.05) is 12.0 Å². The zero-order chi connectivity index (χ0) is 9.90. The van der Waals surface area contributed by atoms with Crippen LogP contribution in [0.4, 0.5) is 4.39 Å². The predicted octanol–water partition coefficient (Wildman–Crippen LogP) is 2.18. The number of rotatable bonds is 3. The first kappa shape index (κ1) is 10.2. The Hall–Kier alpha value is -0.890. The normalized spacial score (nSPS) is 15.4. The molecule has 0 amide bonds. The van der Waals surface area contributed by atoms with E-state index in [1.165, 1.54) is 0 Å². The summed E-state index contributed by atoms with van der Waals surface area (Å²) in [5.41, 5.74) is 7.17. The van der Waals surface area contributed by atoms with Gasteiger partial charge < -0.3 is 5.73 Å². The minimum atomic E-state index is -0.522. The first-order chi connectivity index (χ1) is 6.14. The number of hydrogen-bond donors (Lipinski definition) is 1. The second kappa shape index (κ2) is 3.88. The smallest absolute Gasteiger partial charge is 0.100 e. The number of benzene rings is 1. The summed E-state index contributed by atoms with van der Waals surface area (Å²) in [6.45, 7) is 3.77. The van der Waals surface area contributed by atoms with Crippen LogP contribution in [0.3, 0.4) is 0 Å². The van der Waals surface area contributed by atoms with Gasteiger partial charge in [0.25, 0.3) is 0 Å². The van der Waals surface area contributed by atoms with E-state index >= 15 is 0 Å². The third kappa shape index (κ3) is 1.89. The summed E-state index contributed by atoms with van der Waals surface area (Å²) < 4.78 is 12.8. The molecule has 0 radical (unpaired) electrons. The average molecular weight is 181 g/mol. The van der Waals surface area contributed by atoms with Crippen molar-refractivity contribution in [1.82, 2.24) is 0 Å². The van der Waals surface area contributed by atoms with Gasteiger partial charge in [-0.2, -0.15) is 0 Å². The summed E-state index contributed by atoms with van der Waals surface area (Å²) in [5.74, 6) is 0. The lowest BCUT2D eigenvalue weighted by molar-refractivity contribution is 0.333. The highest BCUT2D eigenvalue weighted by molar-refractivity contribution is 5.33. The topological polar surface area (TPSA) is 26.0 Å². The maximum Gasteiger partial charge on any atom is 0.100 e. The molecule has 0 bridgehead atoms. The lowest BCUT2D eigenvalue weighted by Crippen LogP contribution is -2.34. The van der Waals surface area contributed by atoms with Crippen LogP contribution in [0.1, 0.15) is 18.1 Å². The van der Waals surface area contributed by atoms with Crippen molar-refractivity contribution in [3.63, 3.8) is 0 Å². The van der Waals surface area contributed by atoms with Crippen LogP contribution in [0.2, 0.25) is 0 Å². The van der Waals surface area contributed by atoms with Crippen molar-refractivity contribution in [2.75, 3.05) is 13.2 Å². The maximum absolute atomic E-state index is 12.8. The summed E-state index contributed by atoms with van der Waals surface area (Å²) in [5, 5.41) is 0. The second-order valence-corrected chi connectivity index (χ2v) is 3.71. The molecule has 0 spiro atoms. The van der Waals surface area contributed by atoms with E-state index < -0.39 is 12.1 Å². The summed E-state index contributed by atoms with van der Waals surface area (Å²) in [7, 11) is 0.